The lowest BCUT2D eigenvalue weighted by Crippen LogP contribution is -2.04. The van der Waals surface area contributed by atoms with Crippen LogP contribution in [0.1, 0.15) is 89.2 Å². The highest BCUT2D eigenvalue weighted by molar-refractivity contribution is 5.69. The standard InChI is InChI=1S/C21H34O2/c1-3-5-6-7-8-9-10-11-12-13-21(22)23-18-20-16-14-19(4-2)15-17-20/h14-17H,3-13,18H2,1-2H3. The van der Waals surface area contributed by atoms with Gasteiger partial charge in [-0.3, -0.25) is 4.79 Å². The molecular weight excluding hydrogens is 284 g/mol. The van der Waals surface area contributed by atoms with E-state index in [1.54, 1.807) is 0 Å². The zero-order valence-corrected chi connectivity index (χ0v) is 15.1. The van der Waals surface area contributed by atoms with Gasteiger partial charge in [-0.05, 0) is 24.0 Å². The van der Waals surface area contributed by atoms with Crippen LogP contribution in [-0.4, -0.2) is 5.97 Å². The molecule has 1 aromatic rings. The number of rotatable bonds is 13. The Hall–Kier alpha value is -1.31. The van der Waals surface area contributed by atoms with Crippen molar-refractivity contribution >= 4 is 5.97 Å². The summed E-state index contributed by atoms with van der Waals surface area (Å²) in [5.41, 5.74) is 2.39. The van der Waals surface area contributed by atoms with Crippen molar-refractivity contribution in [2.24, 2.45) is 0 Å². The monoisotopic (exact) mass is 318 g/mol. The van der Waals surface area contributed by atoms with Gasteiger partial charge in [0.1, 0.15) is 6.61 Å². The SMILES string of the molecule is CCCCCCCCCCCC(=O)OCc1ccc(CC)cc1. The Kier molecular flexibility index (Phi) is 11.3. The van der Waals surface area contributed by atoms with E-state index >= 15 is 0 Å². The molecule has 0 saturated heterocycles. The second-order valence-corrected chi connectivity index (χ2v) is 6.41. The summed E-state index contributed by atoms with van der Waals surface area (Å²) in [5, 5.41) is 0. The first-order valence-corrected chi connectivity index (χ1v) is 9.49. The number of carbonyl (C=O) groups excluding carboxylic acids is 1. The predicted molar refractivity (Wildman–Crippen MR) is 97.5 cm³/mol. The van der Waals surface area contributed by atoms with E-state index in [-0.39, 0.29) is 5.97 Å². The van der Waals surface area contributed by atoms with Gasteiger partial charge in [-0.25, -0.2) is 0 Å². The quantitative estimate of drug-likeness (QED) is 0.319. The zero-order chi connectivity index (χ0) is 16.8. The van der Waals surface area contributed by atoms with Crippen LogP contribution in [0, 0.1) is 0 Å². The maximum Gasteiger partial charge on any atom is 0.306 e. The van der Waals surface area contributed by atoms with Gasteiger partial charge in [-0.2, -0.15) is 0 Å². The normalized spacial score (nSPS) is 10.7. The summed E-state index contributed by atoms with van der Waals surface area (Å²) in [6.45, 7) is 4.79. The van der Waals surface area contributed by atoms with Crippen molar-refractivity contribution < 1.29 is 9.53 Å². The molecule has 0 heterocycles. The van der Waals surface area contributed by atoms with Crippen molar-refractivity contribution in [3.63, 3.8) is 0 Å². The average Bonchev–Trinajstić information content (AvgIpc) is 2.59. The Morgan fingerprint density at radius 3 is 1.87 bits per heavy atom. The fourth-order valence-electron chi connectivity index (χ4n) is 2.69. The van der Waals surface area contributed by atoms with Crippen molar-refractivity contribution in [2.45, 2.75) is 91.1 Å². The maximum atomic E-state index is 11.7. The molecule has 1 rings (SSSR count). The molecule has 0 radical (unpaired) electrons. The van der Waals surface area contributed by atoms with E-state index in [0.717, 1.165) is 24.8 Å². The van der Waals surface area contributed by atoms with Crippen molar-refractivity contribution in [1.82, 2.24) is 0 Å². The molecule has 0 saturated carbocycles. The fraction of sp³-hybridized carbons (Fsp3) is 0.667. The number of unbranched alkanes of at least 4 members (excludes halogenated alkanes) is 8. The first-order valence-electron chi connectivity index (χ1n) is 9.49. The van der Waals surface area contributed by atoms with Gasteiger partial charge >= 0.3 is 5.97 Å². The van der Waals surface area contributed by atoms with Crippen LogP contribution in [0.25, 0.3) is 0 Å². The Morgan fingerprint density at radius 1 is 0.783 bits per heavy atom. The van der Waals surface area contributed by atoms with Crippen LogP contribution in [0.5, 0.6) is 0 Å². The third-order valence-corrected chi connectivity index (χ3v) is 4.32. The van der Waals surface area contributed by atoms with E-state index in [0.29, 0.717) is 13.0 Å². The van der Waals surface area contributed by atoms with E-state index in [2.05, 4.69) is 26.0 Å². The molecular formula is C21H34O2. The number of aryl methyl sites for hydroxylation is 1. The highest BCUT2D eigenvalue weighted by Crippen LogP contribution is 2.11. The summed E-state index contributed by atoms with van der Waals surface area (Å²) in [6.07, 6.45) is 13.0. The lowest BCUT2D eigenvalue weighted by Gasteiger charge is -2.06. The Labute approximate surface area is 142 Å². The summed E-state index contributed by atoms with van der Waals surface area (Å²) in [4.78, 5) is 11.7. The minimum absolute atomic E-state index is 0.0625. The van der Waals surface area contributed by atoms with Crippen LogP contribution in [-0.2, 0) is 22.6 Å². The first kappa shape index (κ1) is 19.7. The number of hydrogen-bond donors (Lipinski definition) is 0. The van der Waals surface area contributed by atoms with Crippen molar-refractivity contribution in [3.05, 3.63) is 35.4 Å². The lowest BCUT2D eigenvalue weighted by molar-refractivity contribution is -0.145. The smallest absolute Gasteiger partial charge is 0.306 e. The molecule has 2 nitrogen and oxygen atoms in total. The maximum absolute atomic E-state index is 11.7. The van der Waals surface area contributed by atoms with E-state index in [4.69, 9.17) is 4.74 Å². The Morgan fingerprint density at radius 2 is 1.30 bits per heavy atom. The van der Waals surface area contributed by atoms with Crippen LogP contribution in [0.15, 0.2) is 24.3 Å². The number of ether oxygens (including phenoxy) is 1. The van der Waals surface area contributed by atoms with Gasteiger partial charge < -0.3 is 4.74 Å². The molecule has 0 bridgehead atoms. The molecule has 0 fully saturated rings. The zero-order valence-electron chi connectivity index (χ0n) is 15.1. The van der Waals surface area contributed by atoms with Gasteiger partial charge in [-0.1, -0.05) is 89.5 Å². The second kappa shape index (κ2) is 13.2. The summed E-state index contributed by atoms with van der Waals surface area (Å²) >= 11 is 0. The van der Waals surface area contributed by atoms with Crippen molar-refractivity contribution in [3.8, 4) is 0 Å². The molecule has 0 aliphatic rings. The molecule has 0 aliphatic carbocycles. The van der Waals surface area contributed by atoms with E-state index in [9.17, 15) is 4.79 Å². The lowest BCUT2D eigenvalue weighted by atomic mass is 10.1. The fourth-order valence-corrected chi connectivity index (χ4v) is 2.69. The number of esters is 1. The molecule has 0 atom stereocenters. The summed E-state index contributed by atoms with van der Waals surface area (Å²) in [5.74, 6) is -0.0625. The highest BCUT2D eigenvalue weighted by atomic mass is 16.5. The van der Waals surface area contributed by atoms with E-state index in [1.165, 1.54) is 50.5 Å². The highest BCUT2D eigenvalue weighted by Gasteiger charge is 2.03. The average molecular weight is 319 g/mol. The molecule has 130 valence electrons. The number of benzene rings is 1. The van der Waals surface area contributed by atoms with Gasteiger partial charge in [0.2, 0.25) is 0 Å². The Balaban J connectivity index is 1.97. The van der Waals surface area contributed by atoms with Crippen LogP contribution in [0.2, 0.25) is 0 Å². The molecule has 0 amide bonds. The third-order valence-electron chi connectivity index (χ3n) is 4.32. The minimum atomic E-state index is -0.0625. The van der Waals surface area contributed by atoms with Gasteiger partial charge in [0.05, 0.1) is 0 Å². The number of hydrogen-bond acceptors (Lipinski definition) is 2. The molecule has 23 heavy (non-hydrogen) atoms. The van der Waals surface area contributed by atoms with Gasteiger partial charge in [0.25, 0.3) is 0 Å². The third kappa shape index (κ3) is 10.1. The first-order chi connectivity index (χ1) is 11.3. The summed E-state index contributed by atoms with van der Waals surface area (Å²) in [7, 11) is 0. The van der Waals surface area contributed by atoms with Crippen LogP contribution < -0.4 is 0 Å². The van der Waals surface area contributed by atoms with Crippen molar-refractivity contribution in [2.75, 3.05) is 0 Å². The molecule has 2 heteroatoms. The molecule has 0 aliphatic heterocycles. The minimum Gasteiger partial charge on any atom is -0.461 e. The van der Waals surface area contributed by atoms with E-state index < -0.39 is 0 Å². The van der Waals surface area contributed by atoms with Crippen LogP contribution in [0.3, 0.4) is 0 Å². The summed E-state index contributed by atoms with van der Waals surface area (Å²) < 4.78 is 5.33. The topological polar surface area (TPSA) is 26.3 Å². The van der Waals surface area contributed by atoms with Crippen molar-refractivity contribution in [1.29, 1.82) is 0 Å². The van der Waals surface area contributed by atoms with Crippen LogP contribution in [0.4, 0.5) is 0 Å². The van der Waals surface area contributed by atoms with Gasteiger partial charge in [0.15, 0.2) is 0 Å². The molecule has 1 aromatic carbocycles. The second-order valence-electron chi connectivity index (χ2n) is 6.41. The molecule has 0 spiro atoms. The molecule has 0 N–H and O–H groups in total. The van der Waals surface area contributed by atoms with Crippen LogP contribution >= 0.6 is 0 Å². The molecule has 0 aromatic heterocycles. The number of carbonyl (C=O) groups is 1. The van der Waals surface area contributed by atoms with Gasteiger partial charge in [-0.15, -0.1) is 0 Å². The summed E-state index contributed by atoms with van der Waals surface area (Å²) in [6, 6.07) is 8.29. The molecule has 0 unspecified atom stereocenters. The Bertz CT molecular complexity index is 408. The van der Waals surface area contributed by atoms with E-state index in [1.807, 2.05) is 12.1 Å². The van der Waals surface area contributed by atoms with Gasteiger partial charge in [0, 0.05) is 6.42 Å². The largest absolute Gasteiger partial charge is 0.461 e. The predicted octanol–water partition coefficient (Wildman–Crippen LogP) is 6.21.